The molecular formula is C13H21FN2O2S. The molecular weight excluding hydrogens is 267 g/mol. The van der Waals surface area contributed by atoms with Crippen LogP contribution in [0.1, 0.15) is 26.3 Å². The predicted molar refractivity (Wildman–Crippen MR) is 73.5 cm³/mol. The molecule has 0 saturated heterocycles. The highest BCUT2D eigenvalue weighted by molar-refractivity contribution is 7.89. The van der Waals surface area contributed by atoms with E-state index < -0.39 is 15.8 Å². The minimum absolute atomic E-state index is 0.139. The van der Waals surface area contributed by atoms with Crippen LogP contribution in [-0.2, 0) is 16.6 Å². The van der Waals surface area contributed by atoms with Crippen molar-refractivity contribution in [2.24, 2.45) is 11.7 Å². The van der Waals surface area contributed by atoms with Crippen LogP contribution in [0.25, 0.3) is 0 Å². The fourth-order valence-corrected chi connectivity index (χ4v) is 3.27. The number of hydrogen-bond donors (Lipinski definition) is 1. The summed E-state index contributed by atoms with van der Waals surface area (Å²) < 4.78 is 39.8. The number of sulfonamides is 1. The number of rotatable bonds is 5. The number of nitrogens with two attached hydrogens (primary N) is 1. The van der Waals surface area contributed by atoms with Crippen LogP contribution in [0.3, 0.4) is 0 Å². The summed E-state index contributed by atoms with van der Waals surface area (Å²) in [6.07, 6.45) is 0. The average molecular weight is 288 g/mol. The second kappa shape index (κ2) is 5.98. The number of nitrogens with zero attached hydrogens (tertiary/aromatic N) is 1. The summed E-state index contributed by atoms with van der Waals surface area (Å²) in [5.74, 6) is -0.611. The van der Waals surface area contributed by atoms with Gasteiger partial charge in [-0.2, -0.15) is 4.31 Å². The van der Waals surface area contributed by atoms with Crippen LogP contribution in [-0.4, -0.2) is 25.8 Å². The van der Waals surface area contributed by atoms with Gasteiger partial charge in [0.2, 0.25) is 10.0 Å². The van der Waals surface area contributed by atoms with Gasteiger partial charge >= 0.3 is 0 Å². The molecule has 0 aliphatic carbocycles. The number of benzene rings is 1. The summed E-state index contributed by atoms with van der Waals surface area (Å²) in [6.45, 7) is 5.81. The molecule has 0 amide bonds. The SMILES string of the molecule is CC(C)C(C)N(C)S(=O)(=O)c1cc(CN)ccc1F. The predicted octanol–water partition coefficient (Wildman–Crippen LogP) is 1.95. The Kier molecular flexibility index (Phi) is 5.06. The lowest BCUT2D eigenvalue weighted by Gasteiger charge is -2.27. The molecule has 2 N–H and O–H groups in total. The zero-order valence-corrected chi connectivity index (χ0v) is 12.5. The molecule has 0 heterocycles. The summed E-state index contributed by atoms with van der Waals surface area (Å²) in [4.78, 5) is -0.314. The molecule has 0 bridgehead atoms. The Morgan fingerprint density at radius 1 is 1.32 bits per heavy atom. The molecule has 0 aliphatic heterocycles. The summed E-state index contributed by atoms with van der Waals surface area (Å²) in [6, 6.07) is 3.71. The van der Waals surface area contributed by atoms with Crippen molar-refractivity contribution in [2.45, 2.75) is 38.3 Å². The Bertz CT molecular complexity index is 544. The van der Waals surface area contributed by atoms with Gasteiger partial charge in [-0.3, -0.25) is 0 Å². The van der Waals surface area contributed by atoms with Crippen LogP contribution in [0.15, 0.2) is 23.1 Å². The molecule has 0 saturated carbocycles. The third kappa shape index (κ3) is 3.32. The lowest BCUT2D eigenvalue weighted by molar-refractivity contribution is 0.314. The van der Waals surface area contributed by atoms with Gasteiger partial charge in [-0.25, -0.2) is 12.8 Å². The first kappa shape index (κ1) is 16.1. The van der Waals surface area contributed by atoms with E-state index in [0.717, 1.165) is 6.07 Å². The molecule has 19 heavy (non-hydrogen) atoms. The van der Waals surface area contributed by atoms with E-state index in [1.807, 2.05) is 13.8 Å². The van der Waals surface area contributed by atoms with E-state index in [1.54, 1.807) is 6.92 Å². The molecule has 0 fully saturated rings. The maximum absolute atomic E-state index is 13.8. The molecule has 1 aromatic carbocycles. The summed E-state index contributed by atoms with van der Waals surface area (Å²) in [5, 5.41) is 0. The molecule has 1 aromatic rings. The van der Waals surface area contributed by atoms with Gasteiger partial charge in [-0.1, -0.05) is 19.9 Å². The maximum Gasteiger partial charge on any atom is 0.245 e. The first-order valence-corrected chi connectivity index (χ1v) is 7.62. The second-order valence-corrected chi connectivity index (χ2v) is 6.94. The highest BCUT2D eigenvalue weighted by Gasteiger charge is 2.29. The quantitative estimate of drug-likeness (QED) is 0.900. The minimum atomic E-state index is -3.84. The van der Waals surface area contributed by atoms with Crippen molar-refractivity contribution in [1.82, 2.24) is 4.31 Å². The first-order chi connectivity index (χ1) is 8.71. The minimum Gasteiger partial charge on any atom is -0.326 e. The number of halogens is 1. The van der Waals surface area contributed by atoms with E-state index in [9.17, 15) is 12.8 Å². The lowest BCUT2D eigenvalue weighted by Crippen LogP contribution is -2.38. The van der Waals surface area contributed by atoms with Crippen molar-refractivity contribution in [3.63, 3.8) is 0 Å². The van der Waals surface area contributed by atoms with Gasteiger partial charge < -0.3 is 5.73 Å². The average Bonchev–Trinajstić information content (AvgIpc) is 2.37. The van der Waals surface area contributed by atoms with Crippen molar-refractivity contribution >= 4 is 10.0 Å². The molecule has 6 heteroatoms. The van der Waals surface area contributed by atoms with E-state index in [0.29, 0.717) is 5.56 Å². The monoisotopic (exact) mass is 288 g/mol. The topological polar surface area (TPSA) is 63.4 Å². The first-order valence-electron chi connectivity index (χ1n) is 6.18. The van der Waals surface area contributed by atoms with Crippen LogP contribution in [0.2, 0.25) is 0 Å². The zero-order chi connectivity index (χ0) is 14.8. The van der Waals surface area contributed by atoms with Crippen LogP contribution in [0.4, 0.5) is 4.39 Å². The molecule has 1 rings (SSSR count). The third-order valence-electron chi connectivity index (χ3n) is 3.43. The number of hydrogen-bond acceptors (Lipinski definition) is 3. The molecule has 0 spiro atoms. The van der Waals surface area contributed by atoms with Crippen LogP contribution >= 0.6 is 0 Å². The van der Waals surface area contributed by atoms with Gasteiger partial charge in [0, 0.05) is 19.6 Å². The van der Waals surface area contributed by atoms with Gasteiger partial charge in [0.1, 0.15) is 10.7 Å². The van der Waals surface area contributed by atoms with E-state index >= 15 is 0 Å². The van der Waals surface area contributed by atoms with Gasteiger partial charge in [0.25, 0.3) is 0 Å². The smallest absolute Gasteiger partial charge is 0.245 e. The summed E-state index contributed by atoms with van der Waals surface area (Å²) >= 11 is 0. The summed E-state index contributed by atoms with van der Waals surface area (Å²) in [5.41, 5.74) is 6.05. The van der Waals surface area contributed by atoms with Gasteiger partial charge in [-0.05, 0) is 30.5 Å². The fraction of sp³-hybridized carbons (Fsp3) is 0.538. The molecule has 0 radical (unpaired) electrons. The highest BCUT2D eigenvalue weighted by atomic mass is 32.2. The van der Waals surface area contributed by atoms with Crippen molar-refractivity contribution in [3.8, 4) is 0 Å². The second-order valence-electron chi connectivity index (χ2n) is 4.97. The molecule has 0 aliphatic rings. The van der Waals surface area contributed by atoms with Crippen molar-refractivity contribution in [2.75, 3.05) is 7.05 Å². The Morgan fingerprint density at radius 3 is 2.37 bits per heavy atom. The lowest BCUT2D eigenvalue weighted by atomic mass is 10.1. The molecule has 4 nitrogen and oxygen atoms in total. The zero-order valence-electron chi connectivity index (χ0n) is 11.7. The molecule has 108 valence electrons. The Labute approximate surface area is 114 Å². The Balaban J connectivity index is 3.27. The standard InChI is InChI=1S/C13H21FN2O2S/c1-9(2)10(3)16(4)19(17,18)13-7-11(8-15)5-6-12(13)14/h5-7,9-10H,8,15H2,1-4H3. The van der Waals surface area contributed by atoms with Crippen molar-refractivity contribution < 1.29 is 12.8 Å². The maximum atomic E-state index is 13.8. The third-order valence-corrected chi connectivity index (χ3v) is 5.39. The van der Waals surface area contributed by atoms with E-state index in [4.69, 9.17) is 5.73 Å². The van der Waals surface area contributed by atoms with E-state index in [1.165, 1.54) is 23.5 Å². The van der Waals surface area contributed by atoms with Gasteiger partial charge in [0.05, 0.1) is 0 Å². The highest BCUT2D eigenvalue weighted by Crippen LogP contribution is 2.23. The van der Waals surface area contributed by atoms with Crippen LogP contribution in [0.5, 0.6) is 0 Å². The fourth-order valence-electron chi connectivity index (χ4n) is 1.67. The molecule has 1 atom stereocenters. The van der Waals surface area contributed by atoms with Gasteiger partial charge in [-0.15, -0.1) is 0 Å². The van der Waals surface area contributed by atoms with Crippen molar-refractivity contribution in [3.05, 3.63) is 29.6 Å². The van der Waals surface area contributed by atoms with Crippen LogP contribution < -0.4 is 5.73 Å². The van der Waals surface area contributed by atoms with E-state index in [-0.39, 0.29) is 23.4 Å². The normalized spacial score (nSPS) is 14.1. The van der Waals surface area contributed by atoms with E-state index in [2.05, 4.69) is 0 Å². The van der Waals surface area contributed by atoms with Gasteiger partial charge in [0.15, 0.2) is 0 Å². The van der Waals surface area contributed by atoms with Crippen LogP contribution in [0, 0.1) is 11.7 Å². The molecule has 0 aromatic heterocycles. The Hall–Kier alpha value is -0.980. The largest absolute Gasteiger partial charge is 0.326 e. The summed E-state index contributed by atoms with van der Waals surface area (Å²) in [7, 11) is -2.38. The molecule has 1 unspecified atom stereocenters. The Morgan fingerprint density at radius 2 is 1.89 bits per heavy atom. The van der Waals surface area contributed by atoms with Crippen molar-refractivity contribution in [1.29, 1.82) is 0 Å².